The fourth-order valence-electron chi connectivity index (χ4n) is 2.49. The van der Waals surface area contributed by atoms with E-state index in [1.165, 1.54) is 0 Å². The molecule has 0 radical (unpaired) electrons. The maximum Gasteiger partial charge on any atom is 0.251 e. The van der Waals surface area contributed by atoms with Crippen molar-refractivity contribution in [1.82, 2.24) is 25.0 Å². The third kappa shape index (κ3) is 3.88. The highest BCUT2D eigenvalue weighted by atomic mass is 16.1. The third-order valence-corrected chi connectivity index (χ3v) is 3.93. The predicted octanol–water partition coefficient (Wildman–Crippen LogP) is 3.37. The zero-order valence-corrected chi connectivity index (χ0v) is 15.3. The summed E-state index contributed by atoms with van der Waals surface area (Å²) in [6.07, 6.45) is 5.37. The summed E-state index contributed by atoms with van der Waals surface area (Å²) in [6.45, 7) is 5.86. The number of carbonyl (C=O) groups excluding carboxylic acids is 1. The fraction of sp³-hybridized carbons (Fsp3) is 0.263. The van der Waals surface area contributed by atoms with Gasteiger partial charge >= 0.3 is 0 Å². The van der Waals surface area contributed by atoms with Gasteiger partial charge in [0.05, 0.1) is 11.9 Å². The molecule has 26 heavy (non-hydrogen) atoms. The summed E-state index contributed by atoms with van der Waals surface area (Å²) < 4.78 is 1.70. The number of aromatic amines is 1. The number of hydrogen-bond donors (Lipinski definition) is 2. The Morgan fingerprint density at radius 3 is 2.73 bits per heavy atom. The van der Waals surface area contributed by atoms with Gasteiger partial charge in [-0.1, -0.05) is 26.0 Å². The Morgan fingerprint density at radius 2 is 2.08 bits per heavy atom. The number of rotatable bonds is 5. The Kier molecular flexibility index (Phi) is 4.97. The lowest BCUT2D eigenvalue weighted by molar-refractivity contribution is -0.112. The highest BCUT2D eigenvalue weighted by molar-refractivity contribution is 6.07. The van der Waals surface area contributed by atoms with Crippen LogP contribution in [0.25, 0.3) is 17.5 Å². The Balaban J connectivity index is 1.83. The Bertz CT molecular complexity index is 950. The zero-order valence-electron chi connectivity index (χ0n) is 15.3. The van der Waals surface area contributed by atoms with Crippen molar-refractivity contribution in [2.45, 2.75) is 26.7 Å². The van der Waals surface area contributed by atoms with Crippen LogP contribution in [0.5, 0.6) is 0 Å². The second-order valence-corrected chi connectivity index (χ2v) is 6.47. The van der Waals surface area contributed by atoms with Gasteiger partial charge in [-0.25, -0.2) is 4.98 Å². The number of hydrogen-bond acceptors (Lipinski definition) is 4. The van der Waals surface area contributed by atoms with Crippen LogP contribution in [0.15, 0.2) is 42.2 Å². The van der Waals surface area contributed by atoms with Gasteiger partial charge in [-0.2, -0.15) is 10.2 Å². The standard InChI is InChI=1S/C19H22N6O/c1-12(2)17-22-18(24-23-17)15-7-5-6-8-16(15)21-19(26)13(3)9-14-10-20-25(4)11-14/h5-12H,1-4H3,(H,21,26)(H,22,23,24). The van der Waals surface area contributed by atoms with Crippen molar-refractivity contribution in [1.29, 1.82) is 0 Å². The van der Waals surface area contributed by atoms with E-state index in [0.717, 1.165) is 17.0 Å². The SMILES string of the molecule is CC(=Cc1cnn(C)c1)C(=O)Nc1ccccc1-c1n[nH]c(C(C)C)n1. The number of nitrogens with one attached hydrogen (secondary N) is 2. The highest BCUT2D eigenvalue weighted by Crippen LogP contribution is 2.26. The average molecular weight is 350 g/mol. The molecule has 2 N–H and O–H groups in total. The highest BCUT2D eigenvalue weighted by Gasteiger charge is 2.14. The van der Waals surface area contributed by atoms with Gasteiger partial charge in [-0.3, -0.25) is 14.6 Å². The van der Waals surface area contributed by atoms with Crippen LogP contribution in [0, 0.1) is 0 Å². The van der Waals surface area contributed by atoms with Crippen LogP contribution < -0.4 is 5.32 Å². The quantitative estimate of drug-likeness (QED) is 0.691. The molecule has 1 amide bonds. The Labute approximate surface area is 152 Å². The van der Waals surface area contributed by atoms with Gasteiger partial charge in [0.1, 0.15) is 5.82 Å². The van der Waals surface area contributed by atoms with Crippen LogP contribution in [0.4, 0.5) is 5.69 Å². The number of benzene rings is 1. The molecular weight excluding hydrogens is 328 g/mol. The van der Waals surface area contributed by atoms with Crippen LogP contribution in [0.1, 0.15) is 38.1 Å². The van der Waals surface area contributed by atoms with Crippen LogP contribution in [-0.2, 0) is 11.8 Å². The van der Waals surface area contributed by atoms with E-state index in [2.05, 4.69) is 25.6 Å². The van der Waals surface area contributed by atoms with E-state index < -0.39 is 0 Å². The first kappa shape index (κ1) is 17.6. The molecule has 0 fully saturated rings. The van der Waals surface area contributed by atoms with E-state index in [9.17, 15) is 4.79 Å². The molecule has 0 saturated carbocycles. The molecule has 1 aromatic carbocycles. The number of anilines is 1. The largest absolute Gasteiger partial charge is 0.322 e. The average Bonchev–Trinajstić information content (AvgIpc) is 3.24. The molecule has 2 heterocycles. The first-order valence-electron chi connectivity index (χ1n) is 8.44. The molecule has 0 unspecified atom stereocenters. The zero-order chi connectivity index (χ0) is 18.7. The van der Waals surface area contributed by atoms with Crippen molar-refractivity contribution in [3.8, 4) is 11.4 Å². The van der Waals surface area contributed by atoms with E-state index in [-0.39, 0.29) is 11.8 Å². The maximum atomic E-state index is 12.6. The first-order chi connectivity index (χ1) is 12.4. The summed E-state index contributed by atoms with van der Waals surface area (Å²) in [5.74, 6) is 1.45. The Hall–Kier alpha value is -3.22. The molecule has 3 rings (SSSR count). The van der Waals surface area contributed by atoms with E-state index in [1.54, 1.807) is 23.9 Å². The van der Waals surface area contributed by atoms with Crippen LogP contribution in [-0.4, -0.2) is 30.9 Å². The van der Waals surface area contributed by atoms with Crippen molar-refractivity contribution in [2.24, 2.45) is 7.05 Å². The smallest absolute Gasteiger partial charge is 0.251 e. The molecule has 0 saturated heterocycles. The fourth-order valence-corrected chi connectivity index (χ4v) is 2.49. The van der Waals surface area contributed by atoms with E-state index in [4.69, 9.17) is 0 Å². The van der Waals surface area contributed by atoms with Gasteiger partial charge in [-0.05, 0) is 25.1 Å². The number of amides is 1. The molecule has 0 aliphatic rings. The van der Waals surface area contributed by atoms with Crippen LogP contribution in [0.2, 0.25) is 0 Å². The van der Waals surface area contributed by atoms with Crippen molar-refractivity contribution in [3.05, 3.63) is 53.6 Å². The minimum atomic E-state index is -0.180. The minimum Gasteiger partial charge on any atom is -0.322 e. The van der Waals surface area contributed by atoms with Gasteiger partial charge in [0, 0.05) is 35.9 Å². The number of aryl methyl sites for hydroxylation is 1. The minimum absolute atomic E-state index is 0.180. The maximum absolute atomic E-state index is 12.6. The van der Waals surface area contributed by atoms with Crippen molar-refractivity contribution in [2.75, 3.05) is 5.32 Å². The van der Waals surface area contributed by atoms with Gasteiger partial charge < -0.3 is 5.32 Å². The summed E-state index contributed by atoms with van der Waals surface area (Å²) in [6, 6.07) is 7.50. The molecule has 2 aromatic heterocycles. The number of carbonyl (C=O) groups is 1. The second-order valence-electron chi connectivity index (χ2n) is 6.47. The molecule has 0 aliphatic carbocycles. The normalized spacial score (nSPS) is 11.8. The van der Waals surface area contributed by atoms with Crippen LogP contribution in [0.3, 0.4) is 0 Å². The molecule has 0 bridgehead atoms. The molecule has 0 atom stereocenters. The molecule has 134 valence electrons. The number of para-hydroxylation sites is 1. The molecule has 7 nitrogen and oxygen atoms in total. The molecular formula is C19H22N6O. The van der Waals surface area contributed by atoms with Gasteiger partial charge in [0.2, 0.25) is 0 Å². The summed E-state index contributed by atoms with van der Waals surface area (Å²) in [5, 5.41) is 14.3. The molecule has 7 heteroatoms. The Morgan fingerprint density at radius 1 is 1.31 bits per heavy atom. The van der Waals surface area contributed by atoms with Crippen molar-refractivity contribution in [3.63, 3.8) is 0 Å². The predicted molar refractivity (Wildman–Crippen MR) is 101 cm³/mol. The third-order valence-electron chi connectivity index (χ3n) is 3.93. The van der Waals surface area contributed by atoms with Gasteiger partial charge in [0.25, 0.3) is 5.91 Å². The topological polar surface area (TPSA) is 88.5 Å². The summed E-state index contributed by atoms with van der Waals surface area (Å²) >= 11 is 0. The summed E-state index contributed by atoms with van der Waals surface area (Å²) in [4.78, 5) is 17.1. The number of H-pyrrole nitrogens is 1. The molecule has 0 aliphatic heterocycles. The number of nitrogens with zero attached hydrogens (tertiary/aromatic N) is 4. The van der Waals surface area contributed by atoms with E-state index >= 15 is 0 Å². The lowest BCUT2D eigenvalue weighted by Crippen LogP contribution is -2.13. The van der Waals surface area contributed by atoms with E-state index in [0.29, 0.717) is 17.1 Å². The van der Waals surface area contributed by atoms with Crippen molar-refractivity contribution < 1.29 is 4.79 Å². The van der Waals surface area contributed by atoms with Crippen LogP contribution >= 0.6 is 0 Å². The van der Waals surface area contributed by atoms with Gasteiger partial charge in [0.15, 0.2) is 5.82 Å². The summed E-state index contributed by atoms with van der Waals surface area (Å²) in [5.41, 5.74) is 2.92. The first-order valence-corrected chi connectivity index (χ1v) is 8.44. The van der Waals surface area contributed by atoms with E-state index in [1.807, 2.05) is 51.4 Å². The number of aromatic nitrogens is 5. The second kappa shape index (κ2) is 7.35. The van der Waals surface area contributed by atoms with Crippen molar-refractivity contribution >= 4 is 17.7 Å². The molecule has 0 spiro atoms. The summed E-state index contributed by atoms with van der Waals surface area (Å²) in [7, 11) is 1.84. The van der Waals surface area contributed by atoms with Gasteiger partial charge in [-0.15, -0.1) is 0 Å². The monoisotopic (exact) mass is 350 g/mol. The molecule has 3 aromatic rings. The lowest BCUT2D eigenvalue weighted by atomic mass is 10.1. The lowest BCUT2D eigenvalue weighted by Gasteiger charge is -2.09.